The Bertz CT molecular complexity index is 759. The summed E-state index contributed by atoms with van der Waals surface area (Å²) in [6, 6.07) is 5.14. The number of anilines is 1. The van der Waals surface area contributed by atoms with Gasteiger partial charge in [0.2, 0.25) is 5.95 Å². The van der Waals surface area contributed by atoms with Crippen LogP contribution in [0.3, 0.4) is 0 Å². The van der Waals surface area contributed by atoms with Crippen LogP contribution in [0, 0.1) is 5.92 Å². The van der Waals surface area contributed by atoms with Gasteiger partial charge < -0.3 is 14.8 Å². The SMILES string of the molecule is C[C@H]1CC[C@H](Nc2ncc(-c3cccc4c3OC(F)(F)O4)cn2)CC1. The zero-order chi connectivity index (χ0) is 17.4. The fraction of sp³-hybridized carbons (Fsp3) is 0.444. The number of hydrogen-bond donors (Lipinski definition) is 1. The standard InChI is InChI=1S/C18H19F2N3O2/c1-11-5-7-13(8-6-11)23-17-21-9-12(10-22-17)14-3-2-4-15-16(14)25-18(19,20)24-15/h2-4,9-11,13H,5-8H2,1H3,(H,21,22,23)/t11-,13-. The van der Waals surface area contributed by atoms with Crippen LogP contribution in [-0.2, 0) is 0 Å². The van der Waals surface area contributed by atoms with Crippen LogP contribution in [0.25, 0.3) is 11.1 Å². The van der Waals surface area contributed by atoms with Gasteiger partial charge in [-0.25, -0.2) is 9.97 Å². The smallest absolute Gasteiger partial charge is 0.395 e. The molecule has 1 N–H and O–H groups in total. The maximum absolute atomic E-state index is 13.3. The Labute approximate surface area is 144 Å². The zero-order valence-corrected chi connectivity index (χ0v) is 13.8. The van der Waals surface area contributed by atoms with Gasteiger partial charge in [-0.2, -0.15) is 0 Å². The normalized spacial score (nSPS) is 24.1. The minimum Gasteiger partial charge on any atom is -0.395 e. The van der Waals surface area contributed by atoms with Crippen LogP contribution in [-0.4, -0.2) is 22.3 Å². The minimum atomic E-state index is -3.64. The van der Waals surface area contributed by atoms with Crippen molar-refractivity contribution in [3.8, 4) is 22.6 Å². The number of alkyl halides is 2. The van der Waals surface area contributed by atoms with Crippen LogP contribution >= 0.6 is 0 Å². The van der Waals surface area contributed by atoms with Crippen LogP contribution in [0.5, 0.6) is 11.5 Å². The minimum absolute atomic E-state index is 0.0121. The Hall–Kier alpha value is -2.44. The number of fused-ring (bicyclic) bond motifs is 1. The van der Waals surface area contributed by atoms with E-state index in [1.807, 2.05) is 0 Å². The number of halogens is 2. The summed E-state index contributed by atoms with van der Waals surface area (Å²) in [6.45, 7) is 2.27. The molecule has 1 aromatic heterocycles. The molecule has 1 aliphatic heterocycles. The van der Waals surface area contributed by atoms with E-state index in [1.54, 1.807) is 24.5 Å². The van der Waals surface area contributed by atoms with Gasteiger partial charge in [-0.15, -0.1) is 8.78 Å². The molecule has 0 atom stereocenters. The van der Waals surface area contributed by atoms with Crippen molar-refractivity contribution < 1.29 is 18.3 Å². The molecule has 1 aromatic carbocycles. The van der Waals surface area contributed by atoms with Gasteiger partial charge in [0.25, 0.3) is 0 Å². The van der Waals surface area contributed by atoms with Gasteiger partial charge in [-0.05, 0) is 37.7 Å². The number of aromatic nitrogens is 2. The quantitative estimate of drug-likeness (QED) is 0.889. The van der Waals surface area contributed by atoms with E-state index in [2.05, 4.69) is 31.7 Å². The highest BCUT2D eigenvalue weighted by Crippen LogP contribution is 2.46. The highest BCUT2D eigenvalue weighted by atomic mass is 19.3. The summed E-state index contributed by atoms with van der Waals surface area (Å²) in [6.07, 6.45) is 4.21. The highest BCUT2D eigenvalue weighted by Gasteiger charge is 2.44. The van der Waals surface area contributed by atoms with Crippen molar-refractivity contribution in [2.45, 2.75) is 44.9 Å². The molecule has 0 bridgehead atoms. The maximum Gasteiger partial charge on any atom is 0.586 e. The molecule has 0 saturated heterocycles. The van der Waals surface area contributed by atoms with Gasteiger partial charge in [0.05, 0.1) is 0 Å². The molecule has 5 nitrogen and oxygen atoms in total. The average Bonchev–Trinajstić information content (AvgIpc) is 2.91. The number of rotatable bonds is 3. The van der Waals surface area contributed by atoms with Crippen molar-refractivity contribution in [2.24, 2.45) is 5.92 Å². The number of benzene rings is 1. The molecule has 25 heavy (non-hydrogen) atoms. The second-order valence-corrected chi connectivity index (χ2v) is 6.70. The number of para-hydroxylation sites is 1. The van der Waals surface area contributed by atoms with E-state index >= 15 is 0 Å². The monoisotopic (exact) mass is 347 g/mol. The molecule has 1 saturated carbocycles. The van der Waals surface area contributed by atoms with Crippen molar-refractivity contribution in [2.75, 3.05) is 5.32 Å². The van der Waals surface area contributed by atoms with Gasteiger partial charge in [-0.1, -0.05) is 19.1 Å². The van der Waals surface area contributed by atoms with Crippen molar-refractivity contribution in [1.82, 2.24) is 9.97 Å². The third kappa shape index (κ3) is 3.36. The Kier molecular flexibility index (Phi) is 3.94. The molecule has 0 unspecified atom stereocenters. The van der Waals surface area contributed by atoms with Gasteiger partial charge in [0.15, 0.2) is 11.5 Å². The van der Waals surface area contributed by atoms with E-state index in [0.29, 0.717) is 23.1 Å². The molecule has 0 amide bonds. The van der Waals surface area contributed by atoms with Crippen molar-refractivity contribution >= 4 is 5.95 Å². The van der Waals surface area contributed by atoms with Crippen LogP contribution in [0.1, 0.15) is 32.6 Å². The summed E-state index contributed by atoms with van der Waals surface area (Å²) >= 11 is 0. The predicted octanol–water partition coefficient (Wildman–Crippen LogP) is 4.46. The van der Waals surface area contributed by atoms with Gasteiger partial charge in [0, 0.05) is 29.6 Å². The lowest BCUT2D eigenvalue weighted by molar-refractivity contribution is -0.286. The van der Waals surface area contributed by atoms with Gasteiger partial charge >= 0.3 is 6.29 Å². The van der Waals surface area contributed by atoms with E-state index in [4.69, 9.17) is 0 Å². The molecule has 1 fully saturated rings. The average molecular weight is 347 g/mol. The fourth-order valence-corrected chi connectivity index (χ4v) is 3.33. The van der Waals surface area contributed by atoms with E-state index in [1.165, 1.54) is 18.9 Å². The topological polar surface area (TPSA) is 56.3 Å². The first-order chi connectivity index (χ1) is 12.0. The maximum atomic E-state index is 13.3. The van der Waals surface area contributed by atoms with Crippen molar-refractivity contribution in [1.29, 1.82) is 0 Å². The number of nitrogens with zero attached hydrogens (tertiary/aromatic N) is 2. The van der Waals surface area contributed by atoms with E-state index in [-0.39, 0.29) is 11.5 Å². The van der Waals surface area contributed by atoms with Crippen LogP contribution in [0.15, 0.2) is 30.6 Å². The van der Waals surface area contributed by atoms with E-state index in [0.717, 1.165) is 18.8 Å². The molecule has 0 spiro atoms. The third-order valence-electron chi connectivity index (χ3n) is 4.74. The van der Waals surface area contributed by atoms with Crippen LogP contribution < -0.4 is 14.8 Å². The second-order valence-electron chi connectivity index (χ2n) is 6.70. The summed E-state index contributed by atoms with van der Waals surface area (Å²) in [5, 5.41) is 3.35. The van der Waals surface area contributed by atoms with Gasteiger partial charge in [0.1, 0.15) is 0 Å². The summed E-state index contributed by atoms with van der Waals surface area (Å²) in [5.74, 6) is 1.36. The summed E-state index contributed by atoms with van der Waals surface area (Å²) < 4.78 is 35.7. The molecular formula is C18H19F2N3O2. The van der Waals surface area contributed by atoms with Crippen LogP contribution in [0.4, 0.5) is 14.7 Å². The zero-order valence-electron chi connectivity index (χ0n) is 13.8. The lowest BCUT2D eigenvalue weighted by atomic mass is 9.87. The first-order valence-electron chi connectivity index (χ1n) is 8.48. The number of nitrogens with one attached hydrogen (secondary N) is 1. The molecule has 4 rings (SSSR count). The summed E-state index contributed by atoms with van der Waals surface area (Å²) in [5.41, 5.74) is 1.08. The molecule has 7 heteroatoms. The highest BCUT2D eigenvalue weighted by molar-refractivity contribution is 5.73. The lowest BCUT2D eigenvalue weighted by Gasteiger charge is -2.26. The van der Waals surface area contributed by atoms with Gasteiger partial charge in [-0.3, -0.25) is 0 Å². The molecule has 2 aromatic rings. The largest absolute Gasteiger partial charge is 0.586 e. The third-order valence-corrected chi connectivity index (χ3v) is 4.74. The predicted molar refractivity (Wildman–Crippen MR) is 88.7 cm³/mol. The summed E-state index contributed by atoms with van der Waals surface area (Å²) in [7, 11) is 0. The Morgan fingerprint density at radius 3 is 2.52 bits per heavy atom. The number of hydrogen-bond acceptors (Lipinski definition) is 5. The Morgan fingerprint density at radius 2 is 1.80 bits per heavy atom. The fourth-order valence-electron chi connectivity index (χ4n) is 3.33. The van der Waals surface area contributed by atoms with E-state index in [9.17, 15) is 8.78 Å². The molecule has 0 radical (unpaired) electrons. The molecule has 2 aliphatic rings. The first kappa shape index (κ1) is 16.1. The van der Waals surface area contributed by atoms with Crippen molar-refractivity contribution in [3.63, 3.8) is 0 Å². The lowest BCUT2D eigenvalue weighted by Crippen LogP contribution is -2.26. The molecule has 132 valence electrons. The van der Waals surface area contributed by atoms with Crippen LogP contribution in [0.2, 0.25) is 0 Å². The molecular weight excluding hydrogens is 328 g/mol. The second kappa shape index (κ2) is 6.13. The molecule has 1 aliphatic carbocycles. The Morgan fingerprint density at radius 1 is 1.08 bits per heavy atom. The number of ether oxygens (including phenoxy) is 2. The van der Waals surface area contributed by atoms with Crippen molar-refractivity contribution in [3.05, 3.63) is 30.6 Å². The first-order valence-corrected chi connectivity index (χ1v) is 8.48. The Balaban J connectivity index is 1.51. The summed E-state index contributed by atoms with van der Waals surface area (Å²) in [4.78, 5) is 8.65. The van der Waals surface area contributed by atoms with E-state index < -0.39 is 6.29 Å². The molecule has 2 heterocycles.